The number of ether oxygens (including phenoxy) is 1. The molecular weight excluding hydrogens is 383 g/mol. The summed E-state index contributed by atoms with van der Waals surface area (Å²) in [5.41, 5.74) is 1.64. The van der Waals surface area contributed by atoms with Gasteiger partial charge in [0.15, 0.2) is 0 Å². The number of carbonyl (C=O) groups is 1. The van der Waals surface area contributed by atoms with Gasteiger partial charge in [-0.2, -0.15) is 0 Å². The first-order valence-electron chi connectivity index (χ1n) is 8.45. The van der Waals surface area contributed by atoms with Gasteiger partial charge in [-0.05, 0) is 53.7 Å². The third kappa shape index (κ3) is 4.92. The summed E-state index contributed by atoms with van der Waals surface area (Å²) in [5.74, 6) is 0.691. The Morgan fingerprint density at radius 3 is 2.59 bits per heavy atom. The van der Waals surface area contributed by atoms with Gasteiger partial charge in [0.1, 0.15) is 5.75 Å². The Morgan fingerprint density at radius 1 is 1.07 bits per heavy atom. The Morgan fingerprint density at radius 2 is 1.81 bits per heavy atom. The molecule has 1 amide bonds. The van der Waals surface area contributed by atoms with Crippen molar-refractivity contribution in [3.05, 3.63) is 70.2 Å². The molecule has 0 spiro atoms. The van der Waals surface area contributed by atoms with Crippen molar-refractivity contribution in [2.45, 2.75) is 6.54 Å². The normalized spacial score (nSPS) is 11.0. The maximum atomic E-state index is 12.3. The van der Waals surface area contributed by atoms with E-state index in [-0.39, 0.29) is 12.5 Å². The molecule has 6 heteroatoms. The summed E-state index contributed by atoms with van der Waals surface area (Å²) in [6.07, 6.45) is 0. The minimum Gasteiger partial charge on any atom is -0.497 e. The Balaban J connectivity index is 1.63. The molecule has 3 rings (SSSR count). The lowest BCUT2D eigenvalue weighted by atomic mass is 10.1. The molecule has 0 aliphatic heterocycles. The third-order valence-electron chi connectivity index (χ3n) is 4.20. The fourth-order valence-electron chi connectivity index (χ4n) is 2.90. The molecule has 0 saturated heterocycles. The number of amides is 1. The number of halogens is 2. The van der Waals surface area contributed by atoms with E-state index in [2.05, 4.69) is 23.5 Å². The molecule has 0 heterocycles. The molecule has 0 aliphatic rings. The number of benzene rings is 3. The van der Waals surface area contributed by atoms with E-state index in [1.54, 1.807) is 25.3 Å². The number of hydrogen-bond donors (Lipinski definition) is 1. The highest BCUT2D eigenvalue weighted by atomic mass is 35.5. The quantitative estimate of drug-likeness (QED) is 0.613. The second-order valence-corrected chi connectivity index (χ2v) is 7.15. The van der Waals surface area contributed by atoms with E-state index in [9.17, 15) is 4.79 Å². The lowest BCUT2D eigenvalue weighted by molar-refractivity contribution is -0.117. The van der Waals surface area contributed by atoms with E-state index >= 15 is 0 Å². The number of hydrogen-bond acceptors (Lipinski definition) is 3. The van der Waals surface area contributed by atoms with Crippen molar-refractivity contribution in [1.82, 2.24) is 4.90 Å². The van der Waals surface area contributed by atoms with Crippen molar-refractivity contribution in [3.8, 4) is 5.75 Å². The summed E-state index contributed by atoms with van der Waals surface area (Å²) in [7, 11) is 3.56. The predicted molar refractivity (Wildman–Crippen MR) is 112 cm³/mol. The van der Waals surface area contributed by atoms with Gasteiger partial charge in [0.05, 0.1) is 29.4 Å². The van der Waals surface area contributed by atoms with Crippen molar-refractivity contribution < 1.29 is 9.53 Å². The molecule has 1 N–H and O–H groups in total. The zero-order valence-electron chi connectivity index (χ0n) is 15.1. The number of likely N-dealkylation sites (N-methyl/N-ethyl adjacent to an activating group) is 1. The van der Waals surface area contributed by atoms with Crippen LogP contribution in [0.15, 0.2) is 54.6 Å². The van der Waals surface area contributed by atoms with Crippen molar-refractivity contribution in [2.75, 3.05) is 26.0 Å². The average molecular weight is 403 g/mol. The monoisotopic (exact) mass is 402 g/mol. The molecule has 27 heavy (non-hydrogen) atoms. The number of methoxy groups -OCH3 is 1. The van der Waals surface area contributed by atoms with Gasteiger partial charge < -0.3 is 10.1 Å². The second kappa shape index (κ2) is 8.61. The van der Waals surface area contributed by atoms with Gasteiger partial charge in [0.25, 0.3) is 0 Å². The third-order valence-corrected chi connectivity index (χ3v) is 5.02. The molecule has 0 radical (unpaired) electrons. The van der Waals surface area contributed by atoms with Gasteiger partial charge in [-0.1, -0.05) is 47.5 Å². The van der Waals surface area contributed by atoms with Gasteiger partial charge >= 0.3 is 0 Å². The molecule has 0 aromatic heterocycles. The number of nitrogens with one attached hydrogen (secondary N) is 1. The van der Waals surface area contributed by atoms with Gasteiger partial charge in [-0.3, -0.25) is 9.69 Å². The lowest BCUT2D eigenvalue weighted by Crippen LogP contribution is -2.29. The first kappa shape index (κ1) is 19.5. The number of carbonyl (C=O) groups excluding carboxylic acids is 1. The predicted octanol–water partition coefficient (Wildman–Crippen LogP) is 5.23. The Hall–Kier alpha value is -2.27. The summed E-state index contributed by atoms with van der Waals surface area (Å²) in [5, 5.41) is 5.81. The second-order valence-electron chi connectivity index (χ2n) is 6.37. The minimum absolute atomic E-state index is 0.146. The highest BCUT2D eigenvalue weighted by Crippen LogP contribution is 2.29. The number of fused-ring (bicyclic) bond motifs is 1. The number of rotatable bonds is 6. The summed E-state index contributed by atoms with van der Waals surface area (Å²) in [4.78, 5) is 14.2. The SMILES string of the molecule is COc1ccc2cc(CN(C)CC(=O)Nc3cccc(Cl)c3Cl)ccc2c1. The Kier molecular flexibility index (Phi) is 6.22. The molecular formula is C21H20Cl2N2O2. The van der Waals surface area contributed by atoms with Gasteiger partial charge in [0, 0.05) is 6.54 Å². The van der Waals surface area contributed by atoms with Crippen LogP contribution in [0.5, 0.6) is 5.75 Å². The van der Waals surface area contributed by atoms with Crippen LogP contribution in [0.1, 0.15) is 5.56 Å². The molecule has 3 aromatic carbocycles. The van der Waals surface area contributed by atoms with Crippen LogP contribution in [-0.2, 0) is 11.3 Å². The standard InChI is InChI=1S/C21H20Cl2N2O2/c1-25(13-20(26)24-19-5-3-4-18(22)21(19)23)12-14-6-7-16-11-17(27-2)9-8-15(16)10-14/h3-11H,12-13H2,1-2H3,(H,24,26). The lowest BCUT2D eigenvalue weighted by Gasteiger charge is -2.17. The van der Waals surface area contributed by atoms with Crippen LogP contribution in [0, 0.1) is 0 Å². The van der Waals surface area contributed by atoms with Crippen LogP contribution in [0.25, 0.3) is 10.8 Å². The van der Waals surface area contributed by atoms with Crippen molar-refractivity contribution in [1.29, 1.82) is 0 Å². The zero-order valence-corrected chi connectivity index (χ0v) is 16.6. The molecule has 0 saturated carbocycles. The highest BCUT2D eigenvalue weighted by Gasteiger charge is 2.11. The first-order valence-corrected chi connectivity index (χ1v) is 9.21. The fourth-order valence-corrected chi connectivity index (χ4v) is 3.25. The fraction of sp³-hybridized carbons (Fsp3) is 0.190. The maximum Gasteiger partial charge on any atom is 0.238 e. The smallest absolute Gasteiger partial charge is 0.238 e. The zero-order chi connectivity index (χ0) is 19.4. The van der Waals surface area contributed by atoms with Crippen molar-refractivity contribution in [2.24, 2.45) is 0 Å². The number of anilines is 1. The molecule has 0 atom stereocenters. The molecule has 4 nitrogen and oxygen atoms in total. The number of nitrogens with zero attached hydrogens (tertiary/aromatic N) is 1. The maximum absolute atomic E-state index is 12.3. The van der Waals surface area contributed by atoms with E-state index in [1.807, 2.05) is 30.1 Å². The van der Waals surface area contributed by atoms with E-state index in [0.717, 1.165) is 22.1 Å². The molecule has 0 unspecified atom stereocenters. The van der Waals surface area contributed by atoms with E-state index in [4.69, 9.17) is 27.9 Å². The van der Waals surface area contributed by atoms with Crippen LogP contribution in [0.4, 0.5) is 5.69 Å². The van der Waals surface area contributed by atoms with Gasteiger partial charge in [0.2, 0.25) is 5.91 Å². The molecule has 140 valence electrons. The summed E-state index contributed by atoms with van der Waals surface area (Å²) >= 11 is 12.1. The van der Waals surface area contributed by atoms with E-state index in [1.165, 1.54) is 0 Å². The molecule has 0 bridgehead atoms. The first-order chi connectivity index (χ1) is 13.0. The summed E-state index contributed by atoms with van der Waals surface area (Å²) < 4.78 is 5.26. The molecule has 0 aliphatic carbocycles. The van der Waals surface area contributed by atoms with Crippen LogP contribution in [0.3, 0.4) is 0 Å². The van der Waals surface area contributed by atoms with Crippen LogP contribution in [-0.4, -0.2) is 31.5 Å². The van der Waals surface area contributed by atoms with Gasteiger partial charge in [-0.25, -0.2) is 0 Å². The topological polar surface area (TPSA) is 41.6 Å². The van der Waals surface area contributed by atoms with Crippen LogP contribution >= 0.6 is 23.2 Å². The Bertz CT molecular complexity index is 976. The summed E-state index contributed by atoms with van der Waals surface area (Å²) in [6, 6.07) is 17.4. The molecule has 0 fully saturated rings. The van der Waals surface area contributed by atoms with E-state index in [0.29, 0.717) is 22.3 Å². The van der Waals surface area contributed by atoms with Crippen molar-refractivity contribution in [3.63, 3.8) is 0 Å². The summed E-state index contributed by atoms with van der Waals surface area (Å²) in [6.45, 7) is 0.891. The van der Waals surface area contributed by atoms with Crippen molar-refractivity contribution >= 4 is 45.6 Å². The molecule has 3 aromatic rings. The van der Waals surface area contributed by atoms with Crippen LogP contribution < -0.4 is 10.1 Å². The highest BCUT2D eigenvalue weighted by molar-refractivity contribution is 6.44. The largest absolute Gasteiger partial charge is 0.497 e. The minimum atomic E-state index is -0.146. The average Bonchev–Trinajstić information content (AvgIpc) is 2.64. The van der Waals surface area contributed by atoms with Gasteiger partial charge in [-0.15, -0.1) is 0 Å². The van der Waals surface area contributed by atoms with Crippen LogP contribution in [0.2, 0.25) is 10.0 Å². The van der Waals surface area contributed by atoms with E-state index < -0.39 is 0 Å². The Labute approximate surface area is 168 Å².